The van der Waals surface area contributed by atoms with Gasteiger partial charge in [-0.3, -0.25) is 0 Å². The van der Waals surface area contributed by atoms with E-state index in [0.717, 1.165) is 11.7 Å². The second-order valence-electron chi connectivity index (χ2n) is 4.31. The summed E-state index contributed by atoms with van der Waals surface area (Å²) in [4.78, 5) is 0. The van der Waals surface area contributed by atoms with Gasteiger partial charge in [-0.1, -0.05) is 25.3 Å². The van der Waals surface area contributed by atoms with Crippen LogP contribution in [-0.2, 0) is 0 Å². The van der Waals surface area contributed by atoms with Gasteiger partial charge in [0.1, 0.15) is 0 Å². The zero-order chi connectivity index (χ0) is 10.5. The van der Waals surface area contributed by atoms with E-state index in [0.29, 0.717) is 6.04 Å². The van der Waals surface area contributed by atoms with Crippen molar-refractivity contribution in [2.45, 2.75) is 42.4 Å². The molecule has 1 aliphatic carbocycles. The highest BCUT2D eigenvalue weighted by atomic mass is 32.2. The first kappa shape index (κ1) is 11.5. The normalized spacial score (nSPS) is 20.3. The van der Waals surface area contributed by atoms with Crippen LogP contribution in [0.1, 0.15) is 32.1 Å². The SMILES string of the molecule is NC(CSc1cccs1)C1CCCCC1. The van der Waals surface area contributed by atoms with Gasteiger partial charge in [-0.15, -0.1) is 23.1 Å². The average Bonchev–Trinajstić information content (AvgIpc) is 2.80. The Morgan fingerprint density at radius 2 is 2.20 bits per heavy atom. The molecular formula is C12H19NS2. The predicted octanol–water partition coefficient (Wildman–Crippen LogP) is 3.75. The van der Waals surface area contributed by atoms with Crippen molar-refractivity contribution < 1.29 is 0 Å². The van der Waals surface area contributed by atoms with Gasteiger partial charge < -0.3 is 5.73 Å². The second kappa shape index (κ2) is 5.92. The van der Waals surface area contributed by atoms with Gasteiger partial charge in [0, 0.05) is 11.8 Å². The van der Waals surface area contributed by atoms with Crippen LogP contribution in [0, 0.1) is 5.92 Å². The number of hydrogen-bond donors (Lipinski definition) is 1. The summed E-state index contributed by atoms with van der Waals surface area (Å²) in [5.74, 6) is 1.87. The van der Waals surface area contributed by atoms with Crippen LogP contribution in [0.3, 0.4) is 0 Å². The Labute approximate surface area is 100 Å². The molecule has 1 saturated carbocycles. The maximum atomic E-state index is 6.25. The van der Waals surface area contributed by atoms with Crippen molar-refractivity contribution in [2.24, 2.45) is 11.7 Å². The third kappa shape index (κ3) is 3.51. The topological polar surface area (TPSA) is 26.0 Å². The molecule has 1 unspecified atom stereocenters. The summed E-state index contributed by atoms with van der Waals surface area (Å²) in [5, 5.41) is 2.13. The highest BCUT2D eigenvalue weighted by molar-refractivity contribution is 8.01. The quantitative estimate of drug-likeness (QED) is 0.813. The van der Waals surface area contributed by atoms with E-state index in [-0.39, 0.29) is 0 Å². The molecule has 0 amide bonds. The van der Waals surface area contributed by atoms with Gasteiger partial charge in [0.05, 0.1) is 4.21 Å². The van der Waals surface area contributed by atoms with Gasteiger partial charge in [0.25, 0.3) is 0 Å². The summed E-state index contributed by atoms with van der Waals surface area (Å²) in [7, 11) is 0. The Bertz CT molecular complexity index is 265. The molecule has 1 aliphatic rings. The minimum atomic E-state index is 0.400. The highest BCUT2D eigenvalue weighted by Gasteiger charge is 2.20. The number of thiophene rings is 1. The molecule has 0 radical (unpaired) electrons. The molecule has 1 heterocycles. The Hall–Kier alpha value is 0.01000. The molecule has 1 atom stereocenters. The lowest BCUT2D eigenvalue weighted by molar-refractivity contribution is 0.319. The molecule has 84 valence electrons. The lowest BCUT2D eigenvalue weighted by atomic mass is 9.85. The first-order valence-corrected chi connectivity index (χ1v) is 7.64. The Balaban J connectivity index is 1.74. The lowest BCUT2D eigenvalue weighted by Gasteiger charge is -2.27. The van der Waals surface area contributed by atoms with E-state index in [2.05, 4.69) is 17.5 Å². The molecular weight excluding hydrogens is 222 g/mol. The summed E-state index contributed by atoms with van der Waals surface area (Å²) in [6, 6.07) is 4.69. The van der Waals surface area contributed by atoms with Crippen LogP contribution in [0.25, 0.3) is 0 Å². The number of hydrogen-bond acceptors (Lipinski definition) is 3. The minimum Gasteiger partial charge on any atom is -0.327 e. The number of thioether (sulfide) groups is 1. The van der Waals surface area contributed by atoms with Crippen LogP contribution in [0.15, 0.2) is 21.7 Å². The lowest BCUT2D eigenvalue weighted by Crippen LogP contribution is -2.33. The van der Waals surface area contributed by atoms with E-state index in [1.54, 1.807) is 0 Å². The summed E-state index contributed by atoms with van der Waals surface area (Å²) < 4.78 is 1.40. The molecule has 2 N–H and O–H groups in total. The van der Waals surface area contributed by atoms with Crippen molar-refractivity contribution in [3.8, 4) is 0 Å². The van der Waals surface area contributed by atoms with E-state index in [9.17, 15) is 0 Å². The first-order chi connectivity index (χ1) is 7.36. The van der Waals surface area contributed by atoms with Crippen molar-refractivity contribution in [3.05, 3.63) is 17.5 Å². The largest absolute Gasteiger partial charge is 0.327 e. The van der Waals surface area contributed by atoms with E-state index in [4.69, 9.17) is 5.73 Å². The third-order valence-electron chi connectivity index (χ3n) is 3.17. The van der Waals surface area contributed by atoms with Gasteiger partial charge >= 0.3 is 0 Å². The Kier molecular flexibility index (Phi) is 4.54. The van der Waals surface area contributed by atoms with Crippen molar-refractivity contribution in [1.82, 2.24) is 0 Å². The summed E-state index contributed by atoms with van der Waals surface area (Å²) >= 11 is 3.74. The summed E-state index contributed by atoms with van der Waals surface area (Å²) in [5.41, 5.74) is 6.25. The van der Waals surface area contributed by atoms with Crippen molar-refractivity contribution in [3.63, 3.8) is 0 Å². The van der Waals surface area contributed by atoms with E-state index in [1.807, 2.05) is 23.1 Å². The van der Waals surface area contributed by atoms with Crippen molar-refractivity contribution in [1.29, 1.82) is 0 Å². The molecule has 0 saturated heterocycles. The maximum absolute atomic E-state index is 6.25. The van der Waals surface area contributed by atoms with E-state index < -0.39 is 0 Å². The number of nitrogens with two attached hydrogens (primary N) is 1. The fraction of sp³-hybridized carbons (Fsp3) is 0.667. The van der Waals surface area contributed by atoms with E-state index >= 15 is 0 Å². The molecule has 3 heteroatoms. The second-order valence-corrected chi connectivity index (χ2v) is 6.57. The van der Waals surface area contributed by atoms with Gasteiger partial charge in [-0.2, -0.15) is 0 Å². The van der Waals surface area contributed by atoms with Crippen molar-refractivity contribution >= 4 is 23.1 Å². The molecule has 1 aromatic heterocycles. The van der Waals surface area contributed by atoms with Crippen LogP contribution in [0.2, 0.25) is 0 Å². The van der Waals surface area contributed by atoms with Crippen LogP contribution >= 0.6 is 23.1 Å². The molecule has 0 bridgehead atoms. The summed E-state index contributed by atoms with van der Waals surface area (Å²) in [6.45, 7) is 0. The molecule has 1 fully saturated rings. The highest BCUT2D eigenvalue weighted by Crippen LogP contribution is 2.30. The minimum absolute atomic E-state index is 0.400. The fourth-order valence-electron chi connectivity index (χ4n) is 2.22. The smallest absolute Gasteiger partial charge is 0.0599 e. The van der Waals surface area contributed by atoms with Gasteiger partial charge in [0.2, 0.25) is 0 Å². The monoisotopic (exact) mass is 241 g/mol. The summed E-state index contributed by atoms with van der Waals surface area (Å²) in [6.07, 6.45) is 6.91. The van der Waals surface area contributed by atoms with Gasteiger partial charge in [-0.05, 0) is 30.2 Å². The molecule has 0 aromatic carbocycles. The fourth-order valence-corrected chi connectivity index (χ4v) is 4.12. The van der Waals surface area contributed by atoms with Gasteiger partial charge in [-0.25, -0.2) is 0 Å². The van der Waals surface area contributed by atoms with Crippen LogP contribution in [0.4, 0.5) is 0 Å². The van der Waals surface area contributed by atoms with Crippen molar-refractivity contribution in [2.75, 3.05) is 5.75 Å². The first-order valence-electron chi connectivity index (χ1n) is 5.78. The zero-order valence-corrected chi connectivity index (χ0v) is 10.7. The molecule has 1 nitrogen and oxygen atoms in total. The molecule has 0 aliphatic heterocycles. The van der Waals surface area contributed by atoms with Crippen LogP contribution in [-0.4, -0.2) is 11.8 Å². The zero-order valence-electron chi connectivity index (χ0n) is 9.02. The Morgan fingerprint density at radius 3 is 2.87 bits per heavy atom. The Morgan fingerprint density at radius 1 is 1.40 bits per heavy atom. The molecule has 0 spiro atoms. The standard InChI is InChI=1S/C12H19NS2/c13-11(10-5-2-1-3-6-10)9-15-12-7-4-8-14-12/h4,7-8,10-11H,1-3,5-6,9,13H2. The maximum Gasteiger partial charge on any atom is 0.0599 e. The van der Waals surface area contributed by atoms with Crippen LogP contribution < -0.4 is 5.73 Å². The number of rotatable bonds is 4. The average molecular weight is 241 g/mol. The third-order valence-corrected chi connectivity index (χ3v) is 5.44. The van der Waals surface area contributed by atoms with Gasteiger partial charge in [0.15, 0.2) is 0 Å². The predicted molar refractivity (Wildman–Crippen MR) is 69.6 cm³/mol. The molecule has 1 aromatic rings. The van der Waals surface area contributed by atoms with E-state index in [1.165, 1.54) is 36.3 Å². The molecule has 15 heavy (non-hydrogen) atoms. The molecule has 2 rings (SSSR count). The van der Waals surface area contributed by atoms with Crippen LogP contribution in [0.5, 0.6) is 0 Å².